The van der Waals surface area contributed by atoms with Gasteiger partial charge in [0.15, 0.2) is 0 Å². The number of anilines is 1. The van der Waals surface area contributed by atoms with E-state index in [9.17, 15) is 14.4 Å². The highest BCUT2D eigenvalue weighted by molar-refractivity contribution is 6.03. The normalized spacial score (nSPS) is 11.4. The summed E-state index contributed by atoms with van der Waals surface area (Å²) in [6.07, 6.45) is -0.156. The van der Waals surface area contributed by atoms with E-state index in [4.69, 9.17) is 4.74 Å². The lowest BCUT2D eigenvalue weighted by molar-refractivity contribution is -0.141. The molecule has 0 aliphatic rings. The number of carbonyl (C=O) groups excluding carboxylic acids is 3. The zero-order valence-electron chi connectivity index (χ0n) is 13.6. The number of carbonyl (C=O) groups is 3. The monoisotopic (exact) mass is 325 g/mol. The number of amides is 1. The molecule has 0 aliphatic heterocycles. The number of nitrogens with one attached hydrogen (secondary N) is 1. The lowest BCUT2D eigenvalue weighted by Crippen LogP contribution is -2.16. The Morgan fingerprint density at radius 3 is 2.08 bits per heavy atom. The van der Waals surface area contributed by atoms with Crippen LogP contribution in [0, 0.1) is 0 Å². The van der Waals surface area contributed by atoms with Crippen molar-refractivity contribution < 1.29 is 19.1 Å². The summed E-state index contributed by atoms with van der Waals surface area (Å²) in [6.45, 7) is 1.36. The largest absolute Gasteiger partial charge is 0.468 e. The van der Waals surface area contributed by atoms with Crippen molar-refractivity contribution in [2.24, 2.45) is 0 Å². The molecule has 1 atom stereocenters. The maximum absolute atomic E-state index is 12.2. The van der Waals surface area contributed by atoms with E-state index in [0.717, 1.165) is 11.1 Å². The van der Waals surface area contributed by atoms with Gasteiger partial charge >= 0.3 is 5.97 Å². The zero-order valence-corrected chi connectivity index (χ0v) is 13.6. The van der Waals surface area contributed by atoms with E-state index in [-0.39, 0.29) is 24.1 Å². The zero-order chi connectivity index (χ0) is 17.5. The fraction of sp³-hybridized carbons (Fsp3) is 0.211. The van der Waals surface area contributed by atoms with Crippen LogP contribution < -0.4 is 5.32 Å². The van der Waals surface area contributed by atoms with Crippen LogP contribution in [0.4, 0.5) is 5.69 Å². The van der Waals surface area contributed by atoms with Gasteiger partial charge in [0.25, 0.3) is 0 Å². The quantitative estimate of drug-likeness (QED) is 0.655. The molecule has 5 heteroatoms. The Morgan fingerprint density at radius 1 is 0.958 bits per heavy atom. The van der Waals surface area contributed by atoms with Gasteiger partial charge < -0.3 is 10.1 Å². The first-order valence-corrected chi connectivity index (χ1v) is 7.53. The van der Waals surface area contributed by atoms with Crippen LogP contribution in [0.15, 0.2) is 54.6 Å². The van der Waals surface area contributed by atoms with Crippen molar-refractivity contribution in [3.05, 3.63) is 65.7 Å². The number of methoxy groups -OCH3 is 1. The molecule has 0 aromatic heterocycles. The molecule has 2 aromatic carbocycles. The lowest BCUT2D eigenvalue weighted by atomic mass is 9.91. The van der Waals surface area contributed by atoms with Crippen molar-refractivity contribution in [1.82, 2.24) is 0 Å². The molecule has 2 aromatic rings. The van der Waals surface area contributed by atoms with E-state index in [1.54, 1.807) is 24.3 Å². The van der Waals surface area contributed by atoms with Gasteiger partial charge in [0, 0.05) is 5.69 Å². The Hall–Kier alpha value is -2.95. The summed E-state index contributed by atoms with van der Waals surface area (Å²) in [7, 11) is 1.36. The highest BCUT2D eigenvalue weighted by Gasteiger charge is 2.23. The molecule has 0 spiro atoms. The summed E-state index contributed by atoms with van der Waals surface area (Å²) in [6, 6.07) is 16.3. The molecule has 2 rings (SSSR count). The molecule has 24 heavy (non-hydrogen) atoms. The number of hydrogen-bond acceptors (Lipinski definition) is 4. The lowest BCUT2D eigenvalue weighted by Gasteiger charge is -2.16. The molecule has 0 radical (unpaired) electrons. The molecule has 124 valence electrons. The molecule has 0 aliphatic carbocycles. The first-order valence-electron chi connectivity index (χ1n) is 7.53. The standard InChI is InChI=1S/C19H19NO4/c1-13(21)12-17(22)20-16-10-8-15(9-11-16)18(19(23)24-2)14-6-4-3-5-7-14/h3-11,18H,12H2,1-2H3,(H,20,22). The third-order valence-electron chi connectivity index (χ3n) is 3.51. The van der Waals surface area contributed by atoms with Crippen LogP contribution >= 0.6 is 0 Å². The molecular weight excluding hydrogens is 306 g/mol. The van der Waals surface area contributed by atoms with Gasteiger partial charge in [-0.1, -0.05) is 42.5 Å². The molecule has 0 heterocycles. The van der Waals surface area contributed by atoms with E-state index in [2.05, 4.69) is 5.32 Å². The molecule has 0 fully saturated rings. The molecule has 1 amide bonds. The van der Waals surface area contributed by atoms with E-state index in [0.29, 0.717) is 5.69 Å². The predicted octanol–water partition coefficient (Wildman–Crippen LogP) is 2.91. The van der Waals surface area contributed by atoms with E-state index in [1.807, 2.05) is 30.3 Å². The van der Waals surface area contributed by atoms with Crippen LogP contribution in [0.2, 0.25) is 0 Å². The number of esters is 1. The summed E-state index contributed by atoms with van der Waals surface area (Å²) < 4.78 is 4.91. The first-order chi connectivity index (χ1) is 11.5. The third kappa shape index (κ3) is 4.52. The van der Waals surface area contributed by atoms with Crippen LogP contribution in [0.25, 0.3) is 0 Å². The Morgan fingerprint density at radius 2 is 1.54 bits per heavy atom. The van der Waals surface area contributed by atoms with Crippen molar-refractivity contribution in [2.75, 3.05) is 12.4 Å². The Balaban J connectivity index is 2.21. The van der Waals surface area contributed by atoms with Crippen molar-refractivity contribution >= 4 is 23.3 Å². The van der Waals surface area contributed by atoms with Gasteiger partial charge in [-0.3, -0.25) is 14.4 Å². The highest BCUT2D eigenvalue weighted by Crippen LogP contribution is 2.27. The predicted molar refractivity (Wildman–Crippen MR) is 90.7 cm³/mol. The number of Topliss-reactive ketones (excluding diaryl/α,β-unsaturated/α-hetero) is 1. The molecule has 5 nitrogen and oxygen atoms in total. The van der Waals surface area contributed by atoms with E-state index in [1.165, 1.54) is 14.0 Å². The Bertz CT molecular complexity index is 723. The number of hydrogen-bond donors (Lipinski definition) is 1. The second-order valence-corrected chi connectivity index (χ2v) is 5.42. The number of benzene rings is 2. The average Bonchev–Trinajstić information content (AvgIpc) is 2.56. The van der Waals surface area contributed by atoms with Gasteiger partial charge in [0.2, 0.25) is 5.91 Å². The summed E-state index contributed by atoms with van der Waals surface area (Å²) in [5, 5.41) is 2.65. The maximum Gasteiger partial charge on any atom is 0.317 e. The maximum atomic E-state index is 12.2. The summed E-state index contributed by atoms with van der Waals surface area (Å²) in [5.74, 6) is -1.44. The van der Waals surface area contributed by atoms with Crippen LogP contribution in [-0.4, -0.2) is 24.8 Å². The first kappa shape index (κ1) is 17.4. The number of ether oxygens (including phenoxy) is 1. The van der Waals surface area contributed by atoms with E-state index >= 15 is 0 Å². The molecule has 1 N–H and O–H groups in total. The van der Waals surface area contributed by atoms with Crippen molar-refractivity contribution in [3.8, 4) is 0 Å². The van der Waals surface area contributed by atoms with Gasteiger partial charge in [-0.15, -0.1) is 0 Å². The molecule has 0 saturated carbocycles. The number of ketones is 1. The Kier molecular flexibility index (Phi) is 5.84. The van der Waals surface area contributed by atoms with Gasteiger partial charge in [-0.2, -0.15) is 0 Å². The summed E-state index contributed by atoms with van der Waals surface area (Å²) in [4.78, 5) is 34.7. The van der Waals surface area contributed by atoms with Crippen LogP contribution in [0.5, 0.6) is 0 Å². The Labute approximate surface area is 140 Å². The fourth-order valence-corrected chi connectivity index (χ4v) is 2.42. The smallest absolute Gasteiger partial charge is 0.317 e. The number of rotatable bonds is 6. The minimum absolute atomic E-state index is 0.156. The molecular formula is C19H19NO4. The van der Waals surface area contributed by atoms with Crippen molar-refractivity contribution in [1.29, 1.82) is 0 Å². The second kappa shape index (κ2) is 8.06. The van der Waals surface area contributed by atoms with Gasteiger partial charge in [0.1, 0.15) is 11.7 Å². The third-order valence-corrected chi connectivity index (χ3v) is 3.51. The van der Waals surface area contributed by atoms with Crippen LogP contribution in [-0.2, 0) is 19.1 Å². The molecule has 1 unspecified atom stereocenters. The average molecular weight is 325 g/mol. The minimum Gasteiger partial charge on any atom is -0.468 e. The van der Waals surface area contributed by atoms with Crippen LogP contribution in [0.1, 0.15) is 30.4 Å². The highest BCUT2D eigenvalue weighted by atomic mass is 16.5. The topological polar surface area (TPSA) is 72.5 Å². The summed E-state index contributed by atoms with van der Waals surface area (Å²) >= 11 is 0. The van der Waals surface area contributed by atoms with Gasteiger partial charge in [0.05, 0.1) is 13.5 Å². The minimum atomic E-state index is -0.529. The SMILES string of the molecule is COC(=O)C(c1ccccc1)c1ccc(NC(=O)CC(C)=O)cc1. The molecule has 0 bridgehead atoms. The fourth-order valence-electron chi connectivity index (χ4n) is 2.42. The van der Waals surface area contributed by atoms with Gasteiger partial charge in [-0.05, 0) is 30.2 Å². The molecule has 0 saturated heterocycles. The summed E-state index contributed by atoms with van der Waals surface area (Å²) in [5.41, 5.74) is 2.16. The van der Waals surface area contributed by atoms with Gasteiger partial charge in [-0.25, -0.2) is 0 Å². The van der Waals surface area contributed by atoms with Crippen molar-refractivity contribution in [2.45, 2.75) is 19.3 Å². The second-order valence-electron chi connectivity index (χ2n) is 5.42. The van der Waals surface area contributed by atoms with Crippen LogP contribution in [0.3, 0.4) is 0 Å². The van der Waals surface area contributed by atoms with E-state index < -0.39 is 5.92 Å². The van der Waals surface area contributed by atoms with Crippen molar-refractivity contribution in [3.63, 3.8) is 0 Å².